The molecule has 0 radical (unpaired) electrons. The van der Waals surface area contributed by atoms with Gasteiger partial charge in [0.15, 0.2) is 0 Å². The molecule has 20 heteroatoms. The van der Waals surface area contributed by atoms with E-state index in [4.69, 9.17) is 35.7 Å². The number of nitrogens with one attached hydrogen (secondary N) is 3. The number of hydrogen-bond donors (Lipinski definition) is 8. The fourth-order valence-corrected chi connectivity index (χ4v) is 8.78. The molecule has 0 aliphatic heterocycles. The maximum Gasteiger partial charge on any atom is 0.306 e. The average Bonchev–Trinajstić information content (AvgIpc) is 3.96. The molecule has 428 valence electrons. The summed E-state index contributed by atoms with van der Waals surface area (Å²) in [5.41, 5.74) is 16.4. The van der Waals surface area contributed by atoms with E-state index in [2.05, 4.69) is 29.0 Å². The van der Waals surface area contributed by atoms with Crippen LogP contribution in [0.5, 0.6) is 0 Å². The Hall–Kier alpha value is -5.96. The molecule has 0 bridgehead atoms. The van der Waals surface area contributed by atoms with Crippen molar-refractivity contribution in [2.24, 2.45) is 23.1 Å². The van der Waals surface area contributed by atoms with Crippen LogP contribution in [0.1, 0.15) is 163 Å². The molecule has 2 atom stereocenters. The number of nitrogens with zero attached hydrogens (tertiary/aromatic N) is 1. The van der Waals surface area contributed by atoms with E-state index in [0.29, 0.717) is 50.1 Å². The van der Waals surface area contributed by atoms with Crippen molar-refractivity contribution in [1.29, 1.82) is 5.41 Å². The molecule has 3 aromatic rings. The quantitative estimate of drug-likeness (QED) is 0.0118. The van der Waals surface area contributed by atoms with Crippen molar-refractivity contribution in [2.45, 2.75) is 161 Å². The summed E-state index contributed by atoms with van der Waals surface area (Å²) in [5, 5.41) is 32.3. The first-order valence-corrected chi connectivity index (χ1v) is 27.2. The lowest BCUT2D eigenvalue weighted by atomic mass is 9.96. The molecule has 3 amide bonds. The number of amides is 3. The van der Waals surface area contributed by atoms with Gasteiger partial charge in [0.05, 0.1) is 18.6 Å². The summed E-state index contributed by atoms with van der Waals surface area (Å²) in [6, 6.07) is 13.1. The third kappa shape index (κ3) is 33.9. The van der Waals surface area contributed by atoms with Crippen LogP contribution in [0.25, 0.3) is 11.1 Å². The first-order chi connectivity index (χ1) is 36.5. The number of carbonyl (C=O) groups is 7. The lowest BCUT2D eigenvalue weighted by Crippen LogP contribution is -2.34. The first kappa shape index (κ1) is 72.1. The normalized spacial score (nSPS) is 11.9. The molecule has 1 heterocycles. The molecule has 4 rings (SSSR count). The predicted octanol–water partition coefficient (Wildman–Crippen LogP) is 8.97. The molecule has 1 aliphatic rings. The molecule has 1 aromatic heterocycles. The number of hydrogen-bond acceptors (Lipinski definition) is 12. The lowest BCUT2D eigenvalue weighted by Gasteiger charge is -2.21. The molecule has 17 nitrogen and oxygen atoms in total. The van der Waals surface area contributed by atoms with Gasteiger partial charge in [-0.3, -0.25) is 34.3 Å². The number of aliphatic carboxylic acids is 2. The molecule has 0 fully saturated rings. The number of nitrogen functional groups attached to an aromatic ring is 1. The Morgan fingerprint density at radius 2 is 1.34 bits per heavy atom. The highest BCUT2D eigenvalue weighted by atomic mass is 32.1. The Morgan fingerprint density at radius 3 is 1.82 bits per heavy atom. The maximum absolute atomic E-state index is 14.2. The van der Waals surface area contributed by atoms with Gasteiger partial charge in [-0.2, -0.15) is 8.78 Å². The van der Waals surface area contributed by atoms with E-state index < -0.39 is 17.9 Å². The van der Waals surface area contributed by atoms with E-state index in [1.165, 1.54) is 87.6 Å². The number of benzene rings is 2. The number of alkyl halides is 2. The number of unbranched alkanes of at least 4 members (excludes halogenated alkanes) is 13. The fraction of sp³-hybridized carbons (Fsp3) is 0.571. The zero-order chi connectivity index (χ0) is 57.4. The van der Waals surface area contributed by atoms with E-state index in [-0.39, 0.29) is 48.2 Å². The second kappa shape index (κ2) is 47.5. The second-order valence-electron chi connectivity index (χ2n) is 17.8. The van der Waals surface area contributed by atoms with Gasteiger partial charge in [-0.15, -0.1) is 11.3 Å². The van der Waals surface area contributed by atoms with Crippen molar-refractivity contribution >= 4 is 60.9 Å². The maximum atomic E-state index is 14.2. The van der Waals surface area contributed by atoms with Crippen LogP contribution in [0.4, 0.5) is 8.78 Å². The SMILES string of the molecule is CCCC(CCCCCCCCCCCCCCCCC(=O)O)C(=O)O.CCN(C)C(C=O)CCOCCNC=O.CNCc1cc(C(=N)N)cs1.NC=O.NC=O.O=CCc1ccc2c(c1)-c1ccccc1C2(F)F. The highest BCUT2D eigenvalue weighted by Gasteiger charge is 2.44. The number of carboxylic acids is 2. The molecule has 2 unspecified atom stereocenters. The Labute approximate surface area is 454 Å². The number of carboxylic acid groups (broad SMARTS) is 2. The van der Waals surface area contributed by atoms with Crippen LogP contribution >= 0.6 is 11.3 Å². The number of primary amides is 2. The fourth-order valence-electron chi connectivity index (χ4n) is 7.89. The van der Waals surface area contributed by atoms with Gasteiger partial charge in [0.1, 0.15) is 18.4 Å². The van der Waals surface area contributed by atoms with Crippen molar-refractivity contribution in [2.75, 3.05) is 40.4 Å². The standard InChI is InChI=1S/C22H42O4.C15H10F2O.C10H20N2O3.C7H11N3S.2CH3NO/c1-2-17-20(22(25)26)18-15-13-11-9-7-5-3-4-6-8-10-12-14-16-19-21(23)24;16-15(17)13-4-2-1-3-11(13)12-9-10(7-8-18)5-6-14(12)15;1-3-12(2)10(8-13)4-6-15-7-5-11-9-14;1-10-3-6-2-5(4-11-6)7(8)9;2*2-1-3/h20H,2-19H2,1H3,(H,23,24)(H,25,26);1-6,8-9H,7H2;8-10H,3-7H2,1-2H3,(H,11,14);2,4,10H,3H2,1H3,(H3,8,9);2*1H,(H2,2,3). The number of likely N-dealkylation sites (N-methyl/N-ethyl adjacent to an activating group) is 1. The van der Waals surface area contributed by atoms with Gasteiger partial charge >= 0.3 is 11.9 Å². The number of nitrogens with two attached hydrogens (primary N) is 3. The zero-order valence-electron chi connectivity index (χ0n) is 45.4. The lowest BCUT2D eigenvalue weighted by molar-refractivity contribution is -0.142. The van der Waals surface area contributed by atoms with Crippen LogP contribution in [0.2, 0.25) is 0 Å². The van der Waals surface area contributed by atoms with Crippen molar-refractivity contribution in [1.82, 2.24) is 15.5 Å². The van der Waals surface area contributed by atoms with Crippen LogP contribution in [0, 0.1) is 11.3 Å². The van der Waals surface area contributed by atoms with E-state index in [0.717, 1.165) is 75.3 Å². The molecular weight excluding hydrogens is 1000 g/mol. The van der Waals surface area contributed by atoms with Crippen molar-refractivity contribution < 1.29 is 57.3 Å². The van der Waals surface area contributed by atoms with Crippen molar-refractivity contribution in [3.05, 3.63) is 81.0 Å². The van der Waals surface area contributed by atoms with Gasteiger partial charge in [-0.05, 0) is 69.1 Å². The molecule has 0 spiro atoms. The number of rotatable bonds is 35. The molecular formula is C56H89F2N7O10S. The van der Waals surface area contributed by atoms with E-state index in [1.807, 2.05) is 37.4 Å². The second-order valence-corrected chi connectivity index (χ2v) is 18.8. The van der Waals surface area contributed by atoms with Gasteiger partial charge in [0, 0.05) is 59.5 Å². The molecule has 11 N–H and O–H groups in total. The molecule has 2 aromatic carbocycles. The first-order valence-electron chi connectivity index (χ1n) is 26.3. The Bertz CT molecular complexity index is 2040. The number of ether oxygens (including phenoxy) is 1. The number of aldehydes is 2. The third-order valence-corrected chi connectivity index (χ3v) is 13.0. The minimum absolute atomic E-state index is 0.0262. The largest absolute Gasteiger partial charge is 0.481 e. The Kier molecular flexibility index (Phi) is 45.1. The van der Waals surface area contributed by atoms with Crippen LogP contribution in [-0.2, 0) is 57.2 Å². The third-order valence-electron chi connectivity index (χ3n) is 12.0. The topological polar surface area (TPSA) is 298 Å². The van der Waals surface area contributed by atoms with Crippen LogP contribution < -0.4 is 27.8 Å². The van der Waals surface area contributed by atoms with E-state index in [9.17, 15) is 32.8 Å². The van der Waals surface area contributed by atoms with Gasteiger partial charge in [-0.1, -0.05) is 146 Å². The number of amidine groups is 1. The van der Waals surface area contributed by atoms with Gasteiger partial charge in [-0.25, -0.2) is 0 Å². The summed E-state index contributed by atoms with van der Waals surface area (Å²) in [6.45, 7) is 7.28. The number of halogens is 2. The van der Waals surface area contributed by atoms with Crippen molar-refractivity contribution in [3.8, 4) is 11.1 Å². The van der Waals surface area contributed by atoms with E-state index in [1.54, 1.807) is 41.7 Å². The van der Waals surface area contributed by atoms with Crippen LogP contribution in [-0.4, -0.2) is 111 Å². The molecule has 0 saturated carbocycles. The number of fused-ring (bicyclic) bond motifs is 3. The van der Waals surface area contributed by atoms with Gasteiger partial charge < -0.3 is 52.4 Å². The number of carbonyl (C=O) groups excluding carboxylic acids is 5. The van der Waals surface area contributed by atoms with Crippen LogP contribution in [0.15, 0.2) is 53.9 Å². The predicted molar refractivity (Wildman–Crippen MR) is 298 cm³/mol. The van der Waals surface area contributed by atoms with E-state index >= 15 is 0 Å². The summed E-state index contributed by atoms with van der Waals surface area (Å²) < 4.78 is 33.6. The summed E-state index contributed by atoms with van der Waals surface area (Å²) in [4.78, 5) is 72.9. The Balaban J connectivity index is 0. The molecule has 76 heavy (non-hydrogen) atoms. The minimum atomic E-state index is -2.94. The number of thiophene rings is 1. The Morgan fingerprint density at radius 1 is 0.789 bits per heavy atom. The van der Waals surface area contributed by atoms with Crippen molar-refractivity contribution in [3.63, 3.8) is 0 Å². The molecule has 1 aliphatic carbocycles. The highest BCUT2D eigenvalue weighted by Crippen LogP contribution is 2.51. The minimum Gasteiger partial charge on any atom is -0.481 e. The van der Waals surface area contributed by atoms with Crippen LogP contribution in [0.3, 0.4) is 0 Å². The summed E-state index contributed by atoms with van der Waals surface area (Å²) >= 11 is 1.62. The average molecular weight is 1090 g/mol. The summed E-state index contributed by atoms with van der Waals surface area (Å²) in [5.74, 6) is -4.22. The summed E-state index contributed by atoms with van der Waals surface area (Å²) in [6.07, 6.45) is 23.7. The zero-order valence-corrected chi connectivity index (χ0v) is 46.2. The molecule has 0 saturated heterocycles. The van der Waals surface area contributed by atoms with Gasteiger partial charge in [0.25, 0.3) is 5.92 Å². The van der Waals surface area contributed by atoms with Gasteiger partial charge in [0.2, 0.25) is 19.2 Å². The highest BCUT2D eigenvalue weighted by molar-refractivity contribution is 7.10. The summed E-state index contributed by atoms with van der Waals surface area (Å²) in [7, 11) is 3.81. The monoisotopic (exact) mass is 1090 g/mol. The smallest absolute Gasteiger partial charge is 0.306 e.